The Labute approximate surface area is 249 Å². The van der Waals surface area contributed by atoms with Gasteiger partial charge in [-0.3, -0.25) is 9.36 Å². The van der Waals surface area contributed by atoms with Crippen molar-refractivity contribution in [3.8, 4) is 17.1 Å². The lowest BCUT2D eigenvalue weighted by molar-refractivity contribution is -0.143. The van der Waals surface area contributed by atoms with Gasteiger partial charge in [-0.25, -0.2) is 14.6 Å². The molecule has 1 atom stereocenters. The quantitative estimate of drug-likeness (QED) is 0.275. The van der Waals surface area contributed by atoms with E-state index in [1.807, 2.05) is 12.1 Å². The van der Waals surface area contributed by atoms with Gasteiger partial charge in [0.1, 0.15) is 17.3 Å². The molecule has 2 aromatic carbocycles. The van der Waals surface area contributed by atoms with Crippen molar-refractivity contribution in [2.45, 2.75) is 32.9 Å². The highest BCUT2D eigenvalue weighted by Crippen LogP contribution is 2.32. The minimum absolute atomic E-state index is 0.282. The minimum atomic E-state index is -0.762. The fourth-order valence-corrected chi connectivity index (χ4v) is 5.87. The third-order valence-corrected chi connectivity index (χ3v) is 7.79. The zero-order chi connectivity index (χ0) is 30.1. The summed E-state index contributed by atoms with van der Waals surface area (Å²) in [6.07, 6.45) is 1.25. The number of carbonyl (C=O) groups excluding carboxylic acids is 2. The summed E-state index contributed by atoms with van der Waals surface area (Å²) in [6, 6.07) is 14.5. The van der Waals surface area contributed by atoms with Crippen molar-refractivity contribution < 1.29 is 28.2 Å². The Morgan fingerprint density at radius 1 is 1.07 bits per heavy atom. The Morgan fingerprint density at radius 2 is 1.81 bits per heavy atom. The average molecular weight is 607 g/mol. The second-order valence-corrected chi connectivity index (χ2v) is 11.1. The highest BCUT2D eigenvalue weighted by molar-refractivity contribution is 7.07. The summed E-state index contributed by atoms with van der Waals surface area (Å²) in [6.45, 7) is 5.26. The van der Waals surface area contributed by atoms with Crippen LogP contribution in [0.1, 0.15) is 48.5 Å². The number of fused-ring (bicyclic) bond motifs is 1. The fraction of sp³-hybridized carbons (Fsp3) is 0.226. The number of aromatic nitrogens is 1. The number of rotatable bonds is 7. The maximum atomic E-state index is 13.9. The van der Waals surface area contributed by atoms with Gasteiger partial charge in [0, 0.05) is 16.7 Å². The highest BCUT2D eigenvalue weighted by atomic mass is 35.5. The van der Waals surface area contributed by atoms with Crippen LogP contribution >= 0.6 is 22.9 Å². The maximum Gasteiger partial charge on any atom is 0.338 e. The number of ether oxygens (including phenoxy) is 3. The first-order chi connectivity index (χ1) is 20.1. The van der Waals surface area contributed by atoms with E-state index in [-0.39, 0.29) is 22.8 Å². The van der Waals surface area contributed by atoms with Crippen LogP contribution in [0.15, 0.2) is 80.1 Å². The molecule has 9 nitrogen and oxygen atoms in total. The van der Waals surface area contributed by atoms with Crippen molar-refractivity contribution in [3.63, 3.8) is 0 Å². The zero-order valence-corrected chi connectivity index (χ0v) is 25.0. The van der Waals surface area contributed by atoms with E-state index >= 15 is 0 Å². The SMILES string of the molecule is COC(=O)c1ccc(Cl)cc1-c1ccc(/C=c2/sc3n(c2=O)[C@H](c2ccc(OC)cc2)C(C(=O)OC(C)C)=C(C)N=3)o1. The van der Waals surface area contributed by atoms with E-state index in [2.05, 4.69) is 4.99 Å². The van der Waals surface area contributed by atoms with Crippen LogP contribution in [0.4, 0.5) is 0 Å². The number of hydrogen-bond acceptors (Lipinski definition) is 9. The van der Waals surface area contributed by atoms with Gasteiger partial charge in [0.25, 0.3) is 5.56 Å². The van der Waals surface area contributed by atoms with Gasteiger partial charge in [-0.2, -0.15) is 0 Å². The Bertz CT molecular complexity index is 1900. The first-order valence-electron chi connectivity index (χ1n) is 13.0. The van der Waals surface area contributed by atoms with E-state index in [9.17, 15) is 14.4 Å². The molecule has 0 fully saturated rings. The molecule has 216 valence electrons. The number of thiazole rings is 1. The number of hydrogen-bond donors (Lipinski definition) is 0. The van der Waals surface area contributed by atoms with Crippen LogP contribution in [0.5, 0.6) is 5.75 Å². The van der Waals surface area contributed by atoms with E-state index in [0.717, 1.165) is 0 Å². The van der Waals surface area contributed by atoms with Crippen molar-refractivity contribution >= 4 is 41.0 Å². The first kappa shape index (κ1) is 29.1. The maximum absolute atomic E-state index is 13.9. The molecule has 11 heteroatoms. The second-order valence-electron chi connectivity index (χ2n) is 9.69. The van der Waals surface area contributed by atoms with Crippen LogP contribution in [0.25, 0.3) is 17.4 Å². The van der Waals surface area contributed by atoms with Gasteiger partial charge in [0.05, 0.1) is 47.7 Å². The number of carbonyl (C=O) groups is 2. The molecule has 3 heterocycles. The predicted octanol–water partition coefficient (Wildman–Crippen LogP) is 4.90. The van der Waals surface area contributed by atoms with E-state index in [1.54, 1.807) is 76.4 Å². The number of benzene rings is 2. The van der Waals surface area contributed by atoms with Gasteiger partial charge in [-0.15, -0.1) is 0 Å². The van der Waals surface area contributed by atoms with Gasteiger partial charge < -0.3 is 18.6 Å². The molecule has 0 radical (unpaired) electrons. The summed E-state index contributed by atoms with van der Waals surface area (Å²) in [7, 11) is 2.86. The number of allylic oxidation sites excluding steroid dienone is 1. The summed E-state index contributed by atoms with van der Waals surface area (Å²) in [4.78, 5) is 44.5. The summed E-state index contributed by atoms with van der Waals surface area (Å²) in [5, 5.41) is 0.421. The molecule has 0 N–H and O–H groups in total. The van der Waals surface area contributed by atoms with Crippen molar-refractivity contribution in [1.29, 1.82) is 0 Å². The van der Waals surface area contributed by atoms with Crippen LogP contribution in [0, 0.1) is 0 Å². The topological polar surface area (TPSA) is 109 Å². The smallest absolute Gasteiger partial charge is 0.338 e. The lowest BCUT2D eigenvalue weighted by atomic mass is 9.96. The summed E-state index contributed by atoms with van der Waals surface area (Å²) < 4.78 is 23.6. The molecule has 0 bridgehead atoms. The molecule has 1 aliphatic rings. The molecule has 0 saturated heterocycles. The van der Waals surface area contributed by atoms with Crippen LogP contribution < -0.4 is 19.6 Å². The molecule has 2 aromatic heterocycles. The zero-order valence-electron chi connectivity index (χ0n) is 23.5. The predicted molar refractivity (Wildman–Crippen MR) is 158 cm³/mol. The summed E-state index contributed by atoms with van der Waals surface area (Å²) in [5.41, 5.74) is 1.84. The second kappa shape index (κ2) is 11.8. The van der Waals surface area contributed by atoms with E-state index in [4.69, 9.17) is 30.2 Å². The molecule has 0 saturated carbocycles. The molecule has 1 aliphatic heterocycles. The fourth-order valence-electron chi connectivity index (χ4n) is 4.67. The third kappa shape index (κ3) is 5.55. The molecular weight excluding hydrogens is 580 g/mol. The number of furan rings is 1. The van der Waals surface area contributed by atoms with Crippen molar-refractivity contribution in [2.24, 2.45) is 4.99 Å². The van der Waals surface area contributed by atoms with E-state index < -0.39 is 18.0 Å². The van der Waals surface area contributed by atoms with E-state index in [0.29, 0.717) is 48.5 Å². The number of methoxy groups -OCH3 is 2. The van der Waals surface area contributed by atoms with Gasteiger partial charge in [0.15, 0.2) is 4.80 Å². The van der Waals surface area contributed by atoms with Crippen molar-refractivity contribution in [3.05, 3.63) is 107 Å². The molecule has 0 amide bonds. The molecule has 5 rings (SSSR count). The largest absolute Gasteiger partial charge is 0.497 e. The molecule has 4 aromatic rings. The summed E-state index contributed by atoms with van der Waals surface area (Å²) in [5.74, 6) is 0.320. The van der Waals surface area contributed by atoms with Crippen LogP contribution in [0.3, 0.4) is 0 Å². The van der Waals surface area contributed by atoms with Crippen LogP contribution in [0.2, 0.25) is 5.02 Å². The van der Waals surface area contributed by atoms with E-state index in [1.165, 1.54) is 23.0 Å². The van der Waals surface area contributed by atoms with Crippen molar-refractivity contribution in [1.82, 2.24) is 4.57 Å². The van der Waals surface area contributed by atoms with Gasteiger partial charge in [0.2, 0.25) is 0 Å². The molecular formula is C31H27ClN2O7S. The molecule has 42 heavy (non-hydrogen) atoms. The Hall–Kier alpha value is -4.41. The van der Waals surface area contributed by atoms with Crippen molar-refractivity contribution in [2.75, 3.05) is 14.2 Å². The number of esters is 2. The lowest BCUT2D eigenvalue weighted by Crippen LogP contribution is -2.40. The molecule has 0 aliphatic carbocycles. The normalized spacial score (nSPS) is 14.9. The molecule has 0 unspecified atom stereocenters. The summed E-state index contributed by atoms with van der Waals surface area (Å²) >= 11 is 7.36. The van der Waals surface area contributed by atoms with Gasteiger partial charge >= 0.3 is 11.9 Å². The average Bonchev–Trinajstić information content (AvgIpc) is 3.55. The minimum Gasteiger partial charge on any atom is -0.497 e. The monoisotopic (exact) mass is 606 g/mol. The first-order valence-corrected chi connectivity index (χ1v) is 14.2. The molecule has 0 spiro atoms. The highest BCUT2D eigenvalue weighted by Gasteiger charge is 2.34. The Balaban J connectivity index is 1.63. The Kier molecular flexibility index (Phi) is 8.20. The van der Waals surface area contributed by atoms with Crippen LogP contribution in [-0.2, 0) is 14.3 Å². The van der Waals surface area contributed by atoms with Crippen LogP contribution in [-0.4, -0.2) is 36.8 Å². The Morgan fingerprint density at radius 3 is 2.48 bits per heavy atom. The third-order valence-electron chi connectivity index (χ3n) is 6.57. The lowest BCUT2D eigenvalue weighted by Gasteiger charge is -2.25. The van der Waals surface area contributed by atoms with Gasteiger partial charge in [-0.05, 0) is 68.8 Å². The van der Waals surface area contributed by atoms with Gasteiger partial charge in [-0.1, -0.05) is 35.1 Å². The standard InChI is InChI=1S/C31H27ClN2O7S/c1-16(2)40-30(37)26-17(3)33-31-34(27(26)18-6-9-20(38-4)10-7-18)28(35)25(42-31)15-21-11-13-24(41-21)23-14-19(32)8-12-22(23)29(36)39-5/h6-16,27H,1-5H3/b25-15+/t27-/m1/s1. The number of halogens is 1. The number of nitrogens with zero attached hydrogens (tertiary/aromatic N) is 2.